The molecular formula is C11H14ClN5. The van der Waals surface area contributed by atoms with Crippen molar-refractivity contribution in [3.8, 4) is 0 Å². The second-order valence-corrected chi connectivity index (χ2v) is 5.01. The number of rotatable bonds is 1. The van der Waals surface area contributed by atoms with E-state index in [1.807, 2.05) is 6.92 Å². The Morgan fingerprint density at radius 1 is 1.35 bits per heavy atom. The van der Waals surface area contributed by atoms with E-state index in [9.17, 15) is 0 Å². The molecule has 90 valence electrons. The Labute approximate surface area is 104 Å². The Bertz CT molecular complexity index is 530. The molecule has 2 aromatic rings. The molecule has 3 heterocycles. The van der Waals surface area contributed by atoms with Gasteiger partial charge in [-0.2, -0.15) is 14.6 Å². The SMILES string of the molecule is Cc1cc(N2CCC(Cl)CC2)n2ncnc2n1. The van der Waals surface area contributed by atoms with E-state index in [0.717, 1.165) is 37.4 Å². The van der Waals surface area contributed by atoms with Gasteiger partial charge >= 0.3 is 0 Å². The lowest BCUT2D eigenvalue weighted by Gasteiger charge is -2.31. The lowest BCUT2D eigenvalue weighted by Crippen LogP contribution is -2.35. The number of nitrogens with zero attached hydrogens (tertiary/aromatic N) is 5. The first-order chi connectivity index (χ1) is 8.24. The molecule has 0 radical (unpaired) electrons. The second kappa shape index (κ2) is 4.14. The van der Waals surface area contributed by atoms with E-state index < -0.39 is 0 Å². The minimum absolute atomic E-state index is 0.306. The molecule has 17 heavy (non-hydrogen) atoms. The second-order valence-electron chi connectivity index (χ2n) is 4.39. The molecule has 1 saturated heterocycles. The Hall–Kier alpha value is -1.36. The van der Waals surface area contributed by atoms with Crippen molar-refractivity contribution in [3.05, 3.63) is 18.1 Å². The zero-order valence-corrected chi connectivity index (χ0v) is 10.4. The van der Waals surface area contributed by atoms with Gasteiger partial charge in [0.2, 0.25) is 0 Å². The molecular weight excluding hydrogens is 238 g/mol. The zero-order valence-electron chi connectivity index (χ0n) is 9.67. The summed E-state index contributed by atoms with van der Waals surface area (Å²) >= 11 is 6.12. The minimum Gasteiger partial charge on any atom is -0.356 e. The van der Waals surface area contributed by atoms with Gasteiger partial charge in [0, 0.05) is 30.2 Å². The first-order valence-corrected chi connectivity index (χ1v) is 6.24. The van der Waals surface area contributed by atoms with Crippen LogP contribution in [0.5, 0.6) is 0 Å². The van der Waals surface area contributed by atoms with Crippen molar-refractivity contribution in [2.75, 3.05) is 18.0 Å². The van der Waals surface area contributed by atoms with Crippen LogP contribution in [0, 0.1) is 6.92 Å². The number of aryl methyl sites for hydroxylation is 1. The van der Waals surface area contributed by atoms with Crippen LogP contribution in [0.15, 0.2) is 12.4 Å². The van der Waals surface area contributed by atoms with Gasteiger partial charge < -0.3 is 4.90 Å². The molecule has 2 aromatic heterocycles. The van der Waals surface area contributed by atoms with Crippen LogP contribution >= 0.6 is 11.6 Å². The highest BCUT2D eigenvalue weighted by atomic mass is 35.5. The van der Waals surface area contributed by atoms with Crippen LogP contribution in [-0.4, -0.2) is 38.0 Å². The number of hydrogen-bond acceptors (Lipinski definition) is 4. The van der Waals surface area contributed by atoms with E-state index in [4.69, 9.17) is 11.6 Å². The highest BCUT2D eigenvalue weighted by Gasteiger charge is 2.20. The fourth-order valence-electron chi connectivity index (χ4n) is 2.21. The molecule has 1 fully saturated rings. The van der Waals surface area contributed by atoms with E-state index >= 15 is 0 Å². The van der Waals surface area contributed by atoms with Crippen LogP contribution < -0.4 is 4.90 Å². The molecule has 1 aliphatic rings. The summed E-state index contributed by atoms with van der Waals surface area (Å²) in [5.74, 6) is 1.72. The number of aromatic nitrogens is 4. The monoisotopic (exact) mass is 251 g/mol. The van der Waals surface area contributed by atoms with Crippen molar-refractivity contribution in [3.63, 3.8) is 0 Å². The maximum absolute atomic E-state index is 6.12. The fraction of sp³-hybridized carbons (Fsp3) is 0.545. The van der Waals surface area contributed by atoms with Crippen LogP contribution in [0.25, 0.3) is 5.78 Å². The first kappa shape index (κ1) is 10.8. The maximum atomic E-state index is 6.12. The van der Waals surface area contributed by atoms with Gasteiger partial charge in [0.15, 0.2) is 0 Å². The summed E-state index contributed by atoms with van der Waals surface area (Å²) < 4.78 is 1.79. The van der Waals surface area contributed by atoms with Gasteiger partial charge in [0.1, 0.15) is 12.1 Å². The molecule has 0 amide bonds. The Morgan fingerprint density at radius 2 is 2.12 bits per heavy atom. The number of alkyl halides is 1. The number of anilines is 1. The molecule has 0 saturated carbocycles. The lowest BCUT2D eigenvalue weighted by atomic mass is 10.1. The average Bonchev–Trinajstić information content (AvgIpc) is 2.77. The van der Waals surface area contributed by atoms with Crippen molar-refractivity contribution in [1.82, 2.24) is 19.6 Å². The van der Waals surface area contributed by atoms with Crippen molar-refractivity contribution in [2.24, 2.45) is 0 Å². The standard InChI is InChI=1S/C11H14ClN5/c1-8-6-10(16-4-2-9(12)3-5-16)17-11(15-8)13-7-14-17/h6-7,9H,2-5H2,1H3. The molecule has 1 aliphatic heterocycles. The molecule has 6 heteroatoms. The largest absolute Gasteiger partial charge is 0.356 e. The molecule has 0 N–H and O–H groups in total. The van der Waals surface area contributed by atoms with E-state index in [1.54, 1.807) is 10.8 Å². The summed E-state index contributed by atoms with van der Waals surface area (Å²) in [6, 6.07) is 2.05. The van der Waals surface area contributed by atoms with Crippen LogP contribution in [0.3, 0.4) is 0 Å². The highest BCUT2D eigenvalue weighted by molar-refractivity contribution is 6.20. The third kappa shape index (κ3) is 1.95. The van der Waals surface area contributed by atoms with Crippen LogP contribution in [0.1, 0.15) is 18.5 Å². The van der Waals surface area contributed by atoms with E-state index in [0.29, 0.717) is 11.2 Å². The van der Waals surface area contributed by atoms with E-state index in [1.165, 1.54) is 0 Å². The van der Waals surface area contributed by atoms with E-state index in [-0.39, 0.29) is 0 Å². The van der Waals surface area contributed by atoms with Gasteiger partial charge in [0.25, 0.3) is 5.78 Å². The minimum atomic E-state index is 0.306. The predicted molar refractivity (Wildman–Crippen MR) is 66.6 cm³/mol. The topological polar surface area (TPSA) is 46.3 Å². The molecule has 5 nitrogen and oxygen atoms in total. The Balaban J connectivity index is 2.01. The van der Waals surface area contributed by atoms with Gasteiger partial charge in [-0.15, -0.1) is 11.6 Å². The van der Waals surface area contributed by atoms with Crippen molar-refractivity contribution >= 4 is 23.2 Å². The Morgan fingerprint density at radius 3 is 2.88 bits per heavy atom. The summed E-state index contributed by atoms with van der Waals surface area (Å²) in [7, 11) is 0. The normalized spacial score (nSPS) is 17.9. The molecule has 0 unspecified atom stereocenters. The van der Waals surface area contributed by atoms with Gasteiger partial charge in [0.05, 0.1) is 0 Å². The number of hydrogen-bond donors (Lipinski definition) is 0. The van der Waals surface area contributed by atoms with Gasteiger partial charge in [-0.05, 0) is 19.8 Å². The third-order valence-corrected chi connectivity index (χ3v) is 3.55. The molecule has 0 spiro atoms. The zero-order chi connectivity index (χ0) is 11.8. The molecule has 0 aromatic carbocycles. The quantitative estimate of drug-likeness (QED) is 0.723. The van der Waals surface area contributed by atoms with Crippen LogP contribution in [-0.2, 0) is 0 Å². The van der Waals surface area contributed by atoms with Gasteiger partial charge in [-0.3, -0.25) is 0 Å². The van der Waals surface area contributed by atoms with Crippen LogP contribution in [0.4, 0.5) is 5.82 Å². The number of piperidine rings is 1. The summed E-state index contributed by atoms with van der Waals surface area (Å²) in [6.07, 6.45) is 3.57. The maximum Gasteiger partial charge on any atom is 0.254 e. The Kier molecular flexibility index (Phi) is 2.63. The number of halogens is 1. The molecule has 3 rings (SSSR count). The average molecular weight is 252 g/mol. The van der Waals surface area contributed by atoms with Crippen LogP contribution in [0.2, 0.25) is 0 Å². The lowest BCUT2D eigenvalue weighted by molar-refractivity contribution is 0.575. The van der Waals surface area contributed by atoms with E-state index in [2.05, 4.69) is 26.0 Å². The first-order valence-electron chi connectivity index (χ1n) is 5.80. The number of fused-ring (bicyclic) bond motifs is 1. The fourth-order valence-corrected chi connectivity index (χ4v) is 2.41. The van der Waals surface area contributed by atoms with Crippen molar-refractivity contribution in [1.29, 1.82) is 0 Å². The smallest absolute Gasteiger partial charge is 0.254 e. The molecule has 0 atom stereocenters. The molecule has 0 bridgehead atoms. The van der Waals surface area contributed by atoms with Crippen molar-refractivity contribution < 1.29 is 0 Å². The highest BCUT2D eigenvalue weighted by Crippen LogP contribution is 2.22. The summed E-state index contributed by atoms with van der Waals surface area (Å²) in [4.78, 5) is 10.8. The van der Waals surface area contributed by atoms with Crippen molar-refractivity contribution in [2.45, 2.75) is 25.1 Å². The summed E-state index contributed by atoms with van der Waals surface area (Å²) in [5.41, 5.74) is 0.966. The summed E-state index contributed by atoms with van der Waals surface area (Å²) in [6.45, 7) is 3.91. The van der Waals surface area contributed by atoms with Gasteiger partial charge in [-0.25, -0.2) is 4.98 Å². The third-order valence-electron chi connectivity index (χ3n) is 3.11. The predicted octanol–water partition coefficient (Wildman–Crippen LogP) is 1.64. The van der Waals surface area contributed by atoms with Gasteiger partial charge in [-0.1, -0.05) is 0 Å². The summed E-state index contributed by atoms with van der Waals surface area (Å²) in [5, 5.41) is 4.53. The molecule has 0 aliphatic carbocycles.